The largest absolute Gasteiger partial charge is 0.387 e. The van der Waals surface area contributed by atoms with Gasteiger partial charge in [-0.05, 0) is 45.4 Å². The third-order valence-electron chi connectivity index (χ3n) is 2.89. The molecule has 0 atom stereocenters. The minimum Gasteiger partial charge on any atom is -0.387 e. The van der Waals surface area contributed by atoms with E-state index in [0.29, 0.717) is 6.61 Å². The highest BCUT2D eigenvalue weighted by Crippen LogP contribution is 2.32. The lowest BCUT2D eigenvalue weighted by Gasteiger charge is -2.35. The molecule has 1 N–H and O–H groups in total. The molecule has 2 heteroatoms. The number of rotatable bonds is 3. The smallest absolute Gasteiger partial charge is 0.0880 e. The minimum atomic E-state index is -0.531. The van der Waals surface area contributed by atoms with Gasteiger partial charge < -0.3 is 9.84 Å². The molecule has 0 radical (unpaired) electrons. The minimum absolute atomic E-state index is 0.225. The van der Waals surface area contributed by atoms with Crippen molar-refractivity contribution in [3.8, 4) is 0 Å². The molecule has 2 nitrogen and oxygen atoms in total. The van der Waals surface area contributed by atoms with Gasteiger partial charge in [-0.15, -0.1) is 0 Å². The van der Waals surface area contributed by atoms with Crippen LogP contribution in [-0.2, 0) is 4.74 Å². The molecule has 1 rings (SSSR count). The molecule has 1 saturated carbocycles. The molecule has 0 spiro atoms. The highest BCUT2D eigenvalue weighted by Gasteiger charge is 2.32. The van der Waals surface area contributed by atoms with Gasteiger partial charge in [-0.1, -0.05) is 6.92 Å². The van der Waals surface area contributed by atoms with Gasteiger partial charge in [-0.25, -0.2) is 0 Å². The van der Waals surface area contributed by atoms with E-state index < -0.39 is 5.60 Å². The van der Waals surface area contributed by atoms with Crippen LogP contribution in [0.25, 0.3) is 0 Å². The van der Waals surface area contributed by atoms with E-state index in [2.05, 4.69) is 6.92 Å². The first-order valence-electron chi connectivity index (χ1n) is 5.36. The molecule has 0 aromatic heterocycles. The fraction of sp³-hybridized carbons (Fsp3) is 1.00. The lowest BCUT2D eigenvalue weighted by atomic mass is 9.80. The van der Waals surface area contributed by atoms with Crippen molar-refractivity contribution in [1.29, 1.82) is 0 Å². The second-order valence-corrected chi connectivity index (χ2v) is 4.77. The Labute approximate surface area is 81.3 Å². The first kappa shape index (κ1) is 11.0. The molecule has 1 aliphatic carbocycles. The van der Waals surface area contributed by atoms with Gasteiger partial charge in [0.25, 0.3) is 0 Å². The first-order chi connectivity index (χ1) is 6.02. The molecule has 0 amide bonds. The fourth-order valence-corrected chi connectivity index (χ4v) is 1.77. The van der Waals surface area contributed by atoms with Gasteiger partial charge in [-0.2, -0.15) is 0 Å². The summed E-state index contributed by atoms with van der Waals surface area (Å²) in [6.07, 6.45) is 4.31. The van der Waals surface area contributed by atoms with Crippen molar-refractivity contribution < 1.29 is 9.84 Å². The van der Waals surface area contributed by atoms with Crippen molar-refractivity contribution in [3.05, 3.63) is 0 Å². The van der Waals surface area contributed by atoms with E-state index in [0.717, 1.165) is 31.6 Å². The van der Waals surface area contributed by atoms with Crippen LogP contribution < -0.4 is 0 Å². The average molecular weight is 186 g/mol. The zero-order valence-corrected chi connectivity index (χ0v) is 9.05. The van der Waals surface area contributed by atoms with E-state index in [1.54, 1.807) is 0 Å². The summed E-state index contributed by atoms with van der Waals surface area (Å²) in [4.78, 5) is 0. The Bertz CT molecular complexity index is 146. The van der Waals surface area contributed by atoms with E-state index in [-0.39, 0.29) is 6.10 Å². The molecule has 78 valence electrons. The summed E-state index contributed by atoms with van der Waals surface area (Å²) in [7, 11) is 0. The molecular formula is C11H22O2. The predicted octanol–water partition coefficient (Wildman–Crippen LogP) is 2.35. The normalized spacial score (nSPS) is 35.3. The summed E-state index contributed by atoms with van der Waals surface area (Å²) >= 11 is 0. The monoisotopic (exact) mass is 186 g/mol. The maximum atomic E-state index is 10.1. The molecule has 0 heterocycles. The van der Waals surface area contributed by atoms with Gasteiger partial charge in [0.15, 0.2) is 0 Å². The highest BCUT2D eigenvalue weighted by molar-refractivity contribution is 4.84. The van der Waals surface area contributed by atoms with Crippen LogP contribution >= 0.6 is 0 Å². The summed E-state index contributed by atoms with van der Waals surface area (Å²) < 4.78 is 5.47. The molecule has 1 aliphatic rings. The first-order valence-corrected chi connectivity index (χ1v) is 5.36. The van der Waals surface area contributed by atoms with Gasteiger partial charge in [0.2, 0.25) is 0 Å². The number of aliphatic hydroxyl groups is 1. The van der Waals surface area contributed by atoms with Gasteiger partial charge in [0.05, 0.1) is 18.3 Å². The van der Waals surface area contributed by atoms with Crippen molar-refractivity contribution in [2.75, 3.05) is 6.61 Å². The Balaban J connectivity index is 2.30. The second-order valence-electron chi connectivity index (χ2n) is 4.77. The Kier molecular flexibility index (Phi) is 3.74. The summed E-state index contributed by atoms with van der Waals surface area (Å²) in [6, 6.07) is 0. The zero-order valence-electron chi connectivity index (χ0n) is 9.05. The number of hydrogen-bond acceptors (Lipinski definition) is 2. The second kappa shape index (κ2) is 4.43. The third kappa shape index (κ3) is 3.65. The highest BCUT2D eigenvalue weighted by atomic mass is 16.5. The number of ether oxygens (including phenoxy) is 1. The lowest BCUT2D eigenvalue weighted by Crippen LogP contribution is -2.39. The summed E-state index contributed by atoms with van der Waals surface area (Å²) in [5.74, 6) is 0.777. The van der Waals surface area contributed by atoms with Crippen molar-refractivity contribution >= 4 is 0 Å². The quantitative estimate of drug-likeness (QED) is 0.733. The van der Waals surface area contributed by atoms with Crippen LogP contribution in [0.2, 0.25) is 0 Å². The van der Waals surface area contributed by atoms with Gasteiger partial charge in [0, 0.05) is 0 Å². The Morgan fingerprint density at radius 3 is 2.38 bits per heavy atom. The molecular weight excluding hydrogens is 164 g/mol. The third-order valence-corrected chi connectivity index (χ3v) is 2.89. The topological polar surface area (TPSA) is 29.5 Å². The molecule has 13 heavy (non-hydrogen) atoms. The molecule has 0 bridgehead atoms. The van der Waals surface area contributed by atoms with Gasteiger partial charge in [-0.3, -0.25) is 0 Å². The Hall–Kier alpha value is -0.0800. The maximum absolute atomic E-state index is 10.1. The van der Waals surface area contributed by atoms with Crippen LogP contribution in [0, 0.1) is 5.92 Å². The maximum Gasteiger partial charge on any atom is 0.0880 e. The molecule has 1 fully saturated rings. The van der Waals surface area contributed by atoms with Crippen LogP contribution in [0.1, 0.15) is 46.5 Å². The fourth-order valence-electron chi connectivity index (χ4n) is 1.77. The summed E-state index contributed by atoms with van der Waals surface area (Å²) in [5.41, 5.74) is -0.531. The molecule has 0 aliphatic heterocycles. The van der Waals surface area contributed by atoms with E-state index in [1.165, 1.54) is 0 Å². The predicted molar refractivity (Wildman–Crippen MR) is 53.7 cm³/mol. The van der Waals surface area contributed by atoms with E-state index in [9.17, 15) is 5.11 Å². The van der Waals surface area contributed by atoms with Crippen molar-refractivity contribution in [2.24, 2.45) is 5.92 Å². The van der Waals surface area contributed by atoms with E-state index in [1.807, 2.05) is 13.8 Å². The van der Waals surface area contributed by atoms with Crippen molar-refractivity contribution in [3.63, 3.8) is 0 Å². The van der Waals surface area contributed by atoms with E-state index in [4.69, 9.17) is 4.74 Å². The van der Waals surface area contributed by atoms with Gasteiger partial charge >= 0.3 is 0 Å². The van der Waals surface area contributed by atoms with Crippen LogP contribution in [0.5, 0.6) is 0 Å². The molecule has 0 saturated heterocycles. The summed E-state index contributed by atoms with van der Waals surface area (Å²) in [5, 5.41) is 10.1. The Morgan fingerprint density at radius 2 is 1.92 bits per heavy atom. The van der Waals surface area contributed by atoms with Crippen molar-refractivity contribution in [1.82, 2.24) is 0 Å². The van der Waals surface area contributed by atoms with Crippen LogP contribution in [0.15, 0.2) is 0 Å². The van der Waals surface area contributed by atoms with Crippen molar-refractivity contribution in [2.45, 2.75) is 58.2 Å². The average Bonchev–Trinajstić information content (AvgIpc) is 2.08. The lowest BCUT2D eigenvalue weighted by molar-refractivity contribution is -0.0888. The zero-order chi connectivity index (χ0) is 9.90. The van der Waals surface area contributed by atoms with E-state index >= 15 is 0 Å². The SMILES string of the molecule is CC1CCC(O)(COC(C)C)CC1. The standard InChI is InChI=1S/C11H22O2/c1-9(2)13-8-11(12)6-4-10(3)5-7-11/h9-10,12H,4-8H2,1-3H3. The summed E-state index contributed by atoms with van der Waals surface area (Å²) in [6.45, 7) is 6.78. The Morgan fingerprint density at radius 1 is 1.38 bits per heavy atom. The molecule has 0 unspecified atom stereocenters. The van der Waals surface area contributed by atoms with Gasteiger partial charge in [0.1, 0.15) is 0 Å². The van der Waals surface area contributed by atoms with Crippen LogP contribution in [0.4, 0.5) is 0 Å². The van der Waals surface area contributed by atoms with Crippen LogP contribution in [0.3, 0.4) is 0 Å². The molecule has 0 aromatic rings. The number of hydrogen-bond donors (Lipinski definition) is 1. The van der Waals surface area contributed by atoms with Crippen LogP contribution in [-0.4, -0.2) is 23.4 Å². The molecule has 0 aromatic carbocycles.